The number of nitrogens with one attached hydrogen (secondary N) is 2. The summed E-state index contributed by atoms with van der Waals surface area (Å²) < 4.78 is 5.54. The Labute approximate surface area is 122 Å². The number of ether oxygens (including phenoxy) is 1. The molecule has 5 heteroatoms. The molecule has 114 valence electrons. The lowest BCUT2D eigenvalue weighted by molar-refractivity contribution is 0.131. The lowest BCUT2D eigenvalue weighted by atomic mass is 10.3. The summed E-state index contributed by atoms with van der Waals surface area (Å²) in [6, 6.07) is 0. The topological polar surface area (TPSA) is 59.1 Å². The minimum absolute atomic E-state index is 0.785. The van der Waals surface area contributed by atoms with Gasteiger partial charge < -0.3 is 15.4 Å². The molecule has 0 bridgehead atoms. The van der Waals surface area contributed by atoms with Crippen molar-refractivity contribution in [1.82, 2.24) is 9.97 Å². The molecule has 0 aliphatic rings. The average molecular weight is 280 g/mol. The lowest BCUT2D eigenvalue weighted by Gasteiger charge is -2.13. The SMILES string of the molecule is CCCCOCCCNc1nc(C)nc(NCC)c1C. The van der Waals surface area contributed by atoms with Crippen LogP contribution < -0.4 is 10.6 Å². The van der Waals surface area contributed by atoms with Gasteiger partial charge in [-0.3, -0.25) is 0 Å². The fourth-order valence-electron chi connectivity index (χ4n) is 1.87. The Balaban J connectivity index is 2.39. The maximum absolute atomic E-state index is 5.54. The van der Waals surface area contributed by atoms with Crippen LogP contribution in [0.15, 0.2) is 0 Å². The zero-order valence-corrected chi connectivity index (χ0v) is 13.3. The fourth-order valence-corrected chi connectivity index (χ4v) is 1.87. The molecule has 20 heavy (non-hydrogen) atoms. The number of rotatable bonds is 10. The highest BCUT2D eigenvalue weighted by atomic mass is 16.5. The van der Waals surface area contributed by atoms with Gasteiger partial charge >= 0.3 is 0 Å². The van der Waals surface area contributed by atoms with Crippen LogP contribution in [0.5, 0.6) is 0 Å². The van der Waals surface area contributed by atoms with Gasteiger partial charge in [0.2, 0.25) is 0 Å². The Morgan fingerprint density at radius 2 is 1.60 bits per heavy atom. The summed E-state index contributed by atoms with van der Waals surface area (Å²) in [5.41, 5.74) is 1.07. The molecule has 1 aromatic heterocycles. The molecule has 0 saturated carbocycles. The van der Waals surface area contributed by atoms with E-state index in [1.807, 2.05) is 13.8 Å². The maximum Gasteiger partial charge on any atom is 0.134 e. The summed E-state index contributed by atoms with van der Waals surface area (Å²) in [4.78, 5) is 8.87. The molecule has 0 saturated heterocycles. The number of hydrogen-bond donors (Lipinski definition) is 2. The van der Waals surface area contributed by atoms with Gasteiger partial charge in [-0.15, -0.1) is 0 Å². The zero-order chi connectivity index (χ0) is 14.8. The normalized spacial score (nSPS) is 10.6. The molecule has 1 rings (SSSR count). The molecule has 0 spiro atoms. The lowest BCUT2D eigenvalue weighted by Crippen LogP contribution is -2.12. The predicted octanol–water partition coefficient (Wildman–Crippen LogP) is 3.14. The van der Waals surface area contributed by atoms with E-state index in [1.54, 1.807) is 0 Å². The van der Waals surface area contributed by atoms with Crippen molar-refractivity contribution in [3.8, 4) is 0 Å². The number of hydrogen-bond acceptors (Lipinski definition) is 5. The van der Waals surface area contributed by atoms with E-state index in [2.05, 4.69) is 34.4 Å². The summed E-state index contributed by atoms with van der Waals surface area (Å²) in [5, 5.41) is 6.64. The highest BCUT2D eigenvalue weighted by Gasteiger charge is 2.07. The third kappa shape index (κ3) is 5.74. The van der Waals surface area contributed by atoms with Gasteiger partial charge in [-0.05, 0) is 33.6 Å². The van der Waals surface area contributed by atoms with Crippen molar-refractivity contribution < 1.29 is 4.74 Å². The first-order chi connectivity index (χ1) is 9.69. The number of anilines is 2. The van der Waals surface area contributed by atoms with Crippen LogP contribution >= 0.6 is 0 Å². The molecule has 0 aliphatic carbocycles. The molecule has 0 amide bonds. The van der Waals surface area contributed by atoms with Crippen LogP contribution in [0.25, 0.3) is 0 Å². The van der Waals surface area contributed by atoms with Gasteiger partial charge in [-0.1, -0.05) is 13.3 Å². The molecule has 2 N–H and O–H groups in total. The first kappa shape index (κ1) is 16.7. The Morgan fingerprint density at radius 1 is 0.950 bits per heavy atom. The molecule has 0 atom stereocenters. The van der Waals surface area contributed by atoms with E-state index in [4.69, 9.17) is 4.74 Å². The van der Waals surface area contributed by atoms with E-state index in [0.29, 0.717) is 0 Å². The van der Waals surface area contributed by atoms with Crippen LogP contribution in [0.2, 0.25) is 0 Å². The van der Waals surface area contributed by atoms with E-state index >= 15 is 0 Å². The van der Waals surface area contributed by atoms with Crippen LogP contribution in [0.3, 0.4) is 0 Å². The molecule has 1 heterocycles. The molecule has 0 unspecified atom stereocenters. The van der Waals surface area contributed by atoms with Gasteiger partial charge in [0.25, 0.3) is 0 Å². The number of aromatic nitrogens is 2. The van der Waals surface area contributed by atoms with Gasteiger partial charge in [0.1, 0.15) is 17.5 Å². The van der Waals surface area contributed by atoms with Gasteiger partial charge in [-0.2, -0.15) is 0 Å². The van der Waals surface area contributed by atoms with Crippen LogP contribution in [0.1, 0.15) is 44.5 Å². The smallest absolute Gasteiger partial charge is 0.134 e. The summed E-state index contributed by atoms with van der Waals surface area (Å²) in [7, 11) is 0. The second-order valence-electron chi connectivity index (χ2n) is 4.87. The summed E-state index contributed by atoms with van der Waals surface area (Å²) in [6.45, 7) is 11.6. The summed E-state index contributed by atoms with van der Waals surface area (Å²) >= 11 is 0. The highest BCUT2D eigenvalue weighted by Crippen LogP contribution is 2.19. The van der Waals surface area contributed by atoms with Crippen molar-refractivity contribution in [3.63, 3.8) is 0 Å². The molecule has 0 aliphatic heterocycles. The first-order valence-corrected chi connectivity index (χ1v) is 7.59. The molecular formula is C15H28N4O. The van der Waals surface area contributed by atoms with Gasteiger partial charge in [0, 0.05) is 31.9 Å². The van der Waals surface area contributed by atoms with Gasteiger partial charge in [-0.25, -0.2) is 9.97 Å². The Kier molecular flexibility index (Phi) is 7.95. The number of aryl methyl sites for hydroxylation is 1. The first-order valence-electron chi connectivity index (χ1n) is 7.59. The van der Waals surface area contributed by atoms with Gasteiger partial charge in [0.05, 0.1) is 0 Å². The molecule has 0 radical (unpaired) electrons. The van der Waals surface area contributed by atoms with Crippen LogP contribution in [0, 0.1) is 13.8 Å². The van der Waals surface area contributed by atoms with Crippen molar-refractivity contribution in [2.75, 3.05) is 36.9 Å². The zero-order valence-electron chi connectivity index (χ0n) is 13.3. The van der Waals surface area contributed by atoms with Crippen molar-refractivity contribution in [2.45, 2.75) is 47.0 Å². The van der Waals surface area contributed by atoms with E-state index in [0.717, 1.165) is 62.2 Å². The summed E-state index contributed by atoms with van der Waals surface area (Å²) in [5.74, 6) is 2.62. The molecule has 1 aromatic rings. The van der Waals surface area contributed by atoms with E-state index in [-0.39, 0.29) is 0 Å². The minimum Gasteiger partial charge on any atom is -0.381 e. The van der Waals surface area contributed by atoms with Crippen molar-refractivity contribution in [1.29, 1.82) is 0 Å². The average Bonchev–Trinajstić information content (AvgIpc) is 2.43. The van der Waals surface area contributed by atoms with Crippen molar-refractivity contribution in [3.05, 3.63) is 11.4 Å². The molecule has 0 aromatic carbocycles. The summed E-state index contributed by atoms with van der Waals surface area (Å²) in [6.07, 6.45) is 3.32. The standard InChI is InChI=1S/C15H28N4O/c1-5-7-10-20-11-8-9-17-15-12(3)14(16-6-2)18-13(4)19-15/h5-11H2,1-4H3,(H2,16,17,18,19). The van der Waals surface area contributed by atoms with Gasteiger partial charge in [0.15, 0.2) is 0 Å². The third-order valence-corrected chi connectivity index (χ3v) is 3.00. The Hall–Kier alpha value is -1.36. The van der Waals surface area contributed by atoms with Crippen LogP contribution in [0.4, 0.5) is 11.6 Å². The molecule has 0 fully saturated rings. The maximum atomic E-state index is 5.54. The monoisotopic (exact) mass is 280 g/mol. The van der Waals surface area contributed by atoms with Crippen molar-refractivity contribution in [2.24, 2.45) is 0 Å². The quantitative estimate of drug-likeness (QED) is 0.645. The largest absolute Gasteiger partial charge is 0.381 e. The van der Waals surface area contributed by atoms with E-state index < -0.39 is 0 Å². The Morgan fingerprint density at radius 3 is 2.25 bits per heavy atom. The van der Waals surface area contributed by atoms with Crippen molar-refractivity contribution >= 4 is 11.6 Å². The second kappa shape index (κ2) is 9.53. The Bertz CT molecular complexity index is 396. The second-order valence-corrected chi connectivity index (χ2v) is 4.87. The molecule has 5 nitrogen and oxygen atoms in total. The fraction of sp³-hybridized carbons (Fsp3) is 0.733. The molecular weight excluding hydrogens is 252 g/mol. The van der Waals surface area contributed by atoms with E-state index in [1.165, 1.54) is 6.42 Å². The predicted molar refractivity (Wildman–Crippen MR) is 84.5 cm³/mol. The number of nitrogens with zero attached hydrogens (tertiary/aromatic N) is 2. The third-order valence-electron chi connectivity index (χ3n) is 3.00. The number of unbranched alkanes of at least 4 members (excludes halogenated alkanes) is 1. The highest BCUT2D eigenvalue weighted by molar-refractivity contribution is 5.57. The van der Waals surface area contributed by atoms with Crippen LogP contribution in [-0.4, -0.2) is 36.3 Å². The van der Waals surface area contributed by atoms with E-state index in [9.17, 15) is 0 Å². The van der Waals surface area contributed by atoms with Crippen LogP contribution in [-0.2, 0) is 4.74 Å². The minimum atomic E-state index is 0.785.